The van der Waals surface area contributed by atoms with Crippen molar-refractivity contribution in [3.63, 3.8) is 0 Å². The van der Waals surface area contributed by atoms with Crippen LogP contribution in [0.2, 0.25) is 5.02 Å². The number of alkyl carbamates (subject to hydrolysis) is 1. The SMILES string of the molecule is Cc1sc(C(=O)c2cncnc2NC2C[C@H](CO)[C@@H](OC(=O)[C@@H](NC(=O)OC(C)(C)C)C(C)C)C2)cc1[C@@H]1OCCc2ccc(Cl)cc21. The standard InChI is InChI=1S/C35H43ClN4O7S/c1-18(2)29(40-34(44)47-35(4,5)6)33(43)46-27-13-23(11-21(27)16-41)39-32-26(15-37-17-38-32)30(42)28-14-24(19(3)48-28)31-25-12-22(36)8-7-20(25)9-10-45-31/h7-8,12,14-15,17-18,21,23,27,29,31,41H,9-11,13,16H2,1-6H3,(H,40,44)(H,37,38,39)/t21-,23?,27+,29+,31+/m1/s1. The molecule has 1 fully saturated rings. The number of ether oxygens (including phenoxy) is 3. The van der Waals surface area contributed by atoms with Crippen LogP contribution >= 0.6 is 22.9 Å². The van der Waals surface area contributed by atoms with E-state index in [-0.39, 0.29) is 36.4 Å². The van der Waals surface area contributed by atoms with Crippen molar-refractivity contribution in [1.29, 1.82) is 0 Å². The molecule has 13 heteroatoms. The Bertz CT molecular complexity index is 1660. The number of ketones is 1. The maximum atomic E-state index is 13.9. The summed E-state index contributed by atoms with van der Waals surface area (Å²) in [5.74, 6) is -1.09. The first-order chi connectivity index (χ1) is 22.7. The number of benzene rings is 1. The second-order valence-electron chi connectivity index (χ2n) is 13.7. The van der Waals surface area contributed by atoms with Gasteiger partial charge in [-0.3, -0.25) is 4.79 Å². The molecule has 0 spiro atoms. The summed E-state index contributed by atoms with van der Waals surface area (Å²) < 4.78 is 17.4. The van der Waals surface area contributed by atoms with Gasteiger partial charge in [0.1, 0.15) is 36.0 Å². The first-order valence-electron chi connectivity index (χ1n) is 16.2. The van der Waals surface area contributed by atoms with E-state index in [1.54, 1.807) is 34.6 Å². The van der Waals surface area contributed by atoms with Gasteiger partial charge in [-0.25, -0.2) is 19.6 Å². The normalized spacial score (nSPS) is 21.4. The van der Waals surface area contributed by atoms with Crippen LogP contribution in [0.5, 0.6) is 0 Å². The predicted molar refractivity (Wildman–Crippen MR) is 183 cm³/mol. The van der Waals surface area contributed by atoms with Crippen LogP contribution in [0.15, 0.2) is 36.8 Å². The van der Waals surface area contributed by atoms with E-state index in [9.17, 15) is 19.5 Å². The average molecular weight is 699 g/mol. The Hall–Kier alpha value is -3.58. The van der Waals surface area contributed by atoms with Crippen LogP contribution in [0, 0.1) is 18.8 Å². The van der Waals surface area contributed by atoms with Crippen molar-refractivity contribution in [2.24, 2.45) is 11.8 Å². The molecule has 1 aliphatic carbocycles. The second-order valence-corrected chi connectivity index (χ2v) is 15.4. The lowest BCUT2D eigenvalue weighted by Gasteiger charge is -2.26. The Morgan fingerprint density at radius 3 is 2.65 bits per heavy atom. The number of amides is 1. The van der Waals surface area contributed by atoms with Crippen LogP contribution in [0.4, 0.5) is 10.6 Å². The summed E-state index contributed by atoms with van der Waals surface area (Å²) in [5, 5.41) is 16.7. The van der Waals surface area contributed by atoms with Gasteiger partial charge in [-0.05, 0) is 81.3 Å². The third kappa shape index (κ3) is 8.34. The Kier molecular flexibility index (Phi) is 11.1. The lowest BCUT2D eigenvalue weighted by atomic mass is 9.93. The fourth-order valence-electron chi connectivity index (χ4n) is 6.17. The maximum Gasteiger partial charge on any atom is 0.408 e. The minimum atomic E-state index is -0.930. The van der Waals surface area contributed by atoms with E-state index in [0.717, 1.165) is 22.4 Å². The number of hydrogen-bond acceptors (Lipinski definition) is 11. The molecule has 5 atom stereocenters. The van der Waals surface area contributed by atoms with Crippen LogP contribution < -0.4 is 10.6 Å². The van der Waals surface area contributed by atoms with Gasteiger partial charge in [0, 0.05) is 41.1 Å². The number of aryl methyl sites for hydroxylation is 1. The fourth-order valence-corrected chi connectivity index (χ4v) is 7.35. The van der Waals surface area contributed by atoms with Crippen molar-refractivity contribution < 1.29 is 33.7 Å². The van der Waals surface area contributed by atoms with E-state index in [4.69, 9.17) is 25.8 Å². The topological polar surface area (TPSA) is 149 Å². The number of thiophene rings is 1. The zero-order valence-electron chi connectivity index (χ0n) is 28.0. The van der Waals surface area contributed by atoms with Crippen molar-refractivity contribution in [3.8, 4) is 0 Å². The van der Waals surface area contributed by atoms with E-state index >= 15 is 0 Å². The van der Waals surface area contributed by atoms with Gasteiger partial charge in [0.25, 0.3) is 0 Å². The number of rotatable bonds is 10. The monoisotopic (exact) mass is 698 g/mol. The van der Waals surface area contributed by atoms with Gasteiger partial charge < -0.3 is 30.0 Å². The smallest absolute Gasteiger partial charge is 0.408 e. The summed E-state index contributed by atoms with van der Waals surface area (Å²) in [6.45, 7) is 11.2. The van der Waals surface area contributed by atoms with Crippen molar-refractivity contribution in [2.75, 3.05) is 18.5 Å². The van der Waals surface area contributed by atoms with Crippen molar-refractivity contribution >= 4 is 46.6 Å². The van der Waals surface area contributed by atoms with E-state index < -0.39 is 29.8 Å². The number of aliphatic hydroxyl groups excluding tert-OH is 1. The van der Waals surface area contributed by atoms with Gasteiger partial charge in [0.15, 0.2) is 0 Å². The number of carbonyl (C=O) groups is 3. The summed E-state index contributed by atoms with van der Waals surface area (Å²) in [5.41, 5.74) is 2.69. The largest absolute Gasteiger partial charge is 0.460 e. The molecule has 3 heterocycles. The molecule has 1 amide bonds. The Morgan fingerprint density at radius 1 is 1.17 bits per heavy atom. The molecule has 3 N–H and O–H groups in total. The molecule has 258 valence electrons. The summed E-state index contributed by atoms with van der Waals surface area (Å²) in [4.78, 5) is 49.5. The van der Waals surface area contributed by atoms with E-state index in [0.29, 0.717) is 40.7 Å². The van der Waals surface area contributed by atoms with Gasteiger partial charge in [0.05, 0.1) is 17.0 Å². The van der Waals surface area contributed by atoms with Crippen LogP contribution in [-0.2, 0) is 25.4 Å². The van der Waals surface area contributed by atoms with Gasteiger partial charge >= 0.3 is 12.1 Å². The number of halogens is 1. The minimum absolute atomic E-state index is 0.202. The quantitative estimate of drug-likeness (QED) is 0.169. The molecule has 1 aliphatic heterocycles. The molecule has 0 radical (unpaired) electrons. The molecule has 1 saturated carbocycles. The highest BCUT2D eigenvalue weighted by Gasteiger charge is 2.39. The number of fused-ring (bicyclic) bond motifs is 1. The number of nitrogens with zero attached hydrogens (tertiary/aromatic N) is 2. The number of anilines is 1. The zero-order valence-corrected chi connectivity index (χ0v) is 29.6. The molecule has 0 saturated heterocycles. The van der Waals surface area contributed by atoms with Crippen molar-refractivity contribution in [2.45, 2.75) is 90.7 Å². The maximum absolute atomic E-state index is 13.9. The third-order valence-electron chi connectivity index (χ3n) is 8.53. The molecule has 0 bridgehead atoms. The molecule has 11 nitrogen and oxygen atoms in total. The first-order valence-corrected chi connectivity index (χ1v) is 17.4. The lowest BCUT2D eigenvalue weighted by molar-refractivity contribution is -0.155. The molecule has 2 aliphatic rings. The van der Waals surface area contributed by atoms with Crippen LogP contribution in [0.3, 0.4) is 0 Å². The van der Waals surface area contributed by atoms with E-state index in [2.05, 4.69) is 20.6 Å². The Balaban J connectivity index is 1.29. The number of aliphatic hydroxyl groups is 1. The van der Waals surface area contributed by atoms with Gasteiger partial charge in [-0.2, -0.15) is 0 Å². The second kappa shape index (κ2) is 14.9. The molecular weight excluding hydrogens is 656 g/mol. The van der Waals surface area contributed by atoms with Gasteiger partial charge in [0.2, 0.25) is 5.78 Å². The summed E-state index contributed by atoms with van der Waals surface area (Å²) >= 11 is 7.71. The predicted octanol–water partition coefficient (Wildman–Crippen LogP) is 6.04. The lowest BCUT2D eigenvalue weighted by Crippen LogP contribution is -2.48. The minimum Gasteiger partial charge on any atom is -0.460 e. The zero-order chi connectivity index (χ0) is 34.7. The average Bonchev–Trinajstić information content (AvgIpc) is 3.60. The molecule has 48 heavy (non-hydrogen) atoms. The number of esters is 1. The summed E-state index contributed by atoms with van der Waals surface area (Å²) in [6, 6.07) is 6.53. The molecule has 1 aromatic carbocycles. The fraction of sp³-hybridized carbons (Fsp3) is 0.514. The number of nitrogens with one attached hydrogen (secondary N) is 2. The Labute approximate surface area is 289 Å². The summed E-state index contributed by atoms with van der Waals surface area (Å²) in [6.07, 6.45) is 2.85. The third-order valence-corrected chi connectivity index (χ3v) is 9.83. The summed E-state index contributed by atoms with van der Waals surface area (Å²) in [7, 11) is 0. The van der Waals surface area contributed by atoms with Gasteiger partial charge in [-0.1, -0.05) is 31.5 Å². The molecule has 1 unspecified atom stereocenters. The highest BCUT2D eigenvalue weighted by atomic mass is 35.5. The van der Waals surface area contributed by atoms with Crippen LogP contribution in [0.1, 0.15) is 90.4 Å². The molecule has 3 aromatic rings. The molecular formula is C35H43ClN4O7S. The van der Waals surface area contributed by atoms with Crippen molar-refractivity contribution in [3.05, 3.63) is 73.8 Å². The highest BCUT2D eigenvalue weighted by Crippen LogP contribution is 2.39. The van der Waals surface area contributed by atoms with Crippen LogP contribution in [0.25, 0.3) is 0 Å². The van der Waals surface area contributed by atoms with E-state index in [1.807, 2.05) is 31.2 Å². The van der Waals surface area contributed by atoms with Gasteiger partial charge in [-0.15, -0.1) is 11.3 Å². The first kappa shape index (κ1) is 35.7. The number of carbonyl (C=O) groups excluding carboxylic acids is 3. The number of hydrogen-bond donors (Lipinski definition) is 3. The number of aromatic nitrogens is 2. The van der Waals surface area contributed by atoms with E-state index in [1.165, 1.54) is 29.4 Å². The van der Waals surface area contributed by atoms with Crippen molar-refractivity contribution in [1.82, 2.24) is 15.3 Å². The molecule has 5 rings (SSSR count). The highest BCUT2D eigenvalue weighted by molar-refractivity contribution is 7.14. The molecule has 2 aromatic heterocycles. The van der Waals surface area contributed by atoms with Crippen LogP contribution in [-0.4, -0.2) is 69.9 Å². The Morgan fingerprint density at radius 2 is 1.94 bits per heavy atom.